The summed E-state index contributed by atoms with van der Waals surface area (Å²) in [6.45, 7) is 5.26. The molecule has 0 saturated heterocycles. The van der Waals surface area contributed by atoms with Crippen LogP contribution in [0.5, 0.6) is 0 Å². The number of benzene rings is 1. The van der Waals surface area contributed by atoms with E-state index in [1.165, 1.54) is 23.0 Å². The van der Waals surface area contributed by atoms with E-state index in [-0.39, 0.29) is 41.2 Å². The number of hydrogen-bond acceptors (Lipinski definition) is 7. The van der Waals surface area contributed by atoms with Gasteiger partial charge in [0.05, 0.1) is 18.1 Å². The zero-order valence-electron chi connectivity index (χ0n) is 15.9. The van der Waals surface area contributed by atoms with Gasteiger partial charge in [0.25, 0.3) is 0 Å². The van der Waals surface area contributed by atoms with Crippen molar-refractivity contribution in [3.05, 3.63) is 53.7 Å². The summed E-state index contributed by atoms with van der Waals surface area (Å²) in [6.07, 6.45) is 2.59. The third-order valence-corrected chi connectivity index (χ3v) is 4.35. The number of fused-ring (bicyclic) bond motifs is 1. The first-order chi connectivity index (χ1) is 14.5. The molecule has 1 aromatic carbocycles. The van der Waals surface area contributed by atoms with Crippen LogP contribution in [0.15, 0.2) is 46.5 Å². The number of nitrogen functional groups attached to an aromatic ring is 1. The van der Waals surface area contributed by atoms with Crippen molar-refractivity contribution < 1.29 is 8.78 Å². The van der Waals surface area contributed by atoms with E-state index in [1.54, 1.807) is 25.1 Å². The Labute approximate surface area is 169 Å². The van der Waals surface area contributed by atoms with Gasteiger partial charge >= 0.3 is 0 Å². The molecule has 3 heterocycles. The van der Waals surface area contributed by atoms with Gasteiger partial charge in [0, 0.05) is 11.8 Å². The summed E-state index contributed by atoms with van der Waals surface area (Å²) in [5, 5.41) is 4.83. The van der Waals surface area contributed by atoms with Gasteiger partial charge in [0.15, 0.2) is 23.1 Å². The van der Waals surface area contributed by atoms with Crippen molar-refractivity contribution >= 4 is 41.3 Å². The molecule has 10 heteroatoms. The minimum absolute atomic E-state index is 0.0526. The highest BCUT2D eigenvalue weighted by atomic mass is 19.1. The maximum Gasteiger partial charge on any atom is 0.185 e. The van der Waals surface area contributed by atoms with Crippen LogP contribution in [-0.4, -0.2) is 37.7 Å². The predicted octanol–water partition coefficient (Wildman–Crippen LogP) is 3.85. The summed E-state index contributed by atoms with van der Waals surface area (Å²) in [7, 11) is 0. The monoisotopic (exact) mass is 406 g/mol. The second-order valence-electron chi connectivity index (χ2n) is 6.27. The summed E-state index contributed by atoms with van der Waals surface area (Å²) in [4.78, 5) is 20.7. The van der Waals surface area contributed by atoms with Crippen LogP contribution in [-0.2, 0) is 6.54 Å². The lowest BCUT2D eigenvalue weighted by Crippen LogP contribution is -2.05. The summed E-state index contributed by atoms with van der Waals surface area (Å²) >= 11 is 0. The molecule has 0 fully saturated rings. The van der Waals surface area contributed by atoms with E-state index in [2.05, 4.69) is 36.8 Å². The minimum Gasteiger partial charge on any atom is -0.382 e. The third-order valence-electron chi connectivity index (χ3n) is 4.35. The first kappa shape index (κ1) is 19.2. The number of rotatable bonds is 5. The average molecular weight is 406 g/mol. The van der Waals surface area contributed by atoms with Crippen LogP contribution >= 0.6 is 0 Å². The van der Waals surface area contributed by atoms with Crippen LogP contribution in [0, 0.1) is 11.6 Å². The van der Waals surface area contributed by atoms with Crippen molar-refractivity contribution in [1.29, 1.82) is 0 Å². The molecule has 30 heavy (non-hydrogen) atoms. The molecule has 4 aromatic rings. The molecule has 150 valence electrons. The van der Waals surface area contributed by atoms with Gasteiger partial charge in [-0.25, -0.2) is 33.4 Å². The van der Waals surface area contributed by atoms with E-state index in [0.717, 1.165) is 6.20 Å². The fraction of sp³-hybridized carbons (Fsp3) is 0.100. The highest BCUT2D eigenvalue weighted by Gasteiger charge is 2.20. The maximum absolute atomic E-state index is 14.1. The number of anilines is 1. The molecule has 8 nitrogen and oxygen atoms in total. The van der Waals surface area contributed by atoms with Crippen molar-refractivity contribution in [3.63, 3.8) is 0 Å². The van der Waals surface area contributed by atoms with Crippen LogP contribution in [0.2, 0.25) is 0 Å². The molecule has 0 saturated carbocycles. The van der Waals surface area contributed by atoms with E-state index in [9.17, 15) is 8.78 Å². The molecule has 0 atom stereocenters. The molecule has 0 aliphatic rings. The van der Waals surface area contributed by atoms with Crippen molar-refractivity contribution in [3.8, 4) is 11.5 Å². The first-order valence-electron chi connectivity index (χ1n) is 8.90. The number of nitrogens with two attached hydrogens (primary N) is 1. The van der Waals surface area contributed by atoms with E-state index >= 15 is 0 Å². The molecule has 2 N–H and O–H groups in total. The average Bonchev–Trinajstić information content (AvgIpc) is 3.07. The van der Waals surface area contributed by atoms with Crippen LogP contribution in [0.25, 0.3) is 22.6 Å². The summed E-state index contributed by atoms with van der Waals surface area (Å²) in [6, 6.07) is 7.58. The van der Waals surface area contributed by atoms with Crippen LogP contribution in [0.1, 0.15) is 12.5 Å². The number of aromatic nitrogens is 5. The molecule has 3 aromatic heterocycles. The fourth-order valence-corrected chi connectivity index (χ4v) is 3.03. The smallest absolute Gasteiger partial charge is 0.185 e. The Morgan fingerprint density at radius 1 is 1.23 bits per heavy atom. The van der Waals surface area contributed by atoms with Crippen molar-refractivity contribution in [2.24, 2.45) is 9.98 Å². The van der Waals surface area contributed by atoms with E-state index in [1.807, 2.05) is 0 Å². The lowest BCUT2D eigenvalue weighted by Gasteiger charge is -2.05. The molecular formula is C20H16F2N8. The zero-order valence-corrected chi connectivity index (χ0v) is 15.9. The SMILES string of the molecule is C=Nc1c(N)nc(-c2nn(Cc3ccccc3F)c3ncc(F)cc23)nc1N=CC. The maximum atomic E-state index is 14.1. The second-order valence-corrected chi connectivity index (χ2v) is 6.27. The van der Waals surface area contributed by atoms with Crippen molar-refractivity contribution in [1.82, 2.24) is 24.7 Å². The Kier molecular flexibility index (Phi) is 4.97. The lowest BCUT2D eigenvalue weighted by molar-refractivity contribution is 0.588. The van der Waals surface area contributed by atoms with Crippen LogP contribution < -0.4 is 5.73 Å². The standard InChI is InChI=1S/C20H16F2N8/c1-3-25-18-16(24-2)17(23)27-19(28-18)15-13-8-12(21)9-26-20(13)30(29-15)10-11-6-4-5-7-14(11)22/h3-9H,2,10H2,1H3,(H2,23,27,28). The molecule has 0 bridgehead atoms. The van der Waals surface area contributed by atoms with Gasteiger partial charge < -0.3 is 5.73 Å². The Morgan fingerprint density at radius 2 is 2.03 bits per heavy atom. The van der Waals surface area contributed by atoms with Gasteiger partial charge in [0.1, 0.15) is 23.0 Å². The second kappa shape index (κ2) is 7.74. The van der Waals surface area contributed by atoms with E-state index in [0.29, 0.717) is 16.6 Å². The molecule has 0 aliphatic carbocycles. The molecular weight excluding hydrogens is 390 g/mol. The summed E-state index contributed by atoms with van der Waals surface area (Å²) in [5.41, 5.74) is 7.22. The Balaban J connectivity index is 1.93. The van der Waals surface area contributed by atoms with E-state index in [4.69, 9.17) is 5.73 Å². The molecule has 4 rings (SSSR count). The minimum atomic E-state index is -0.557. The van der Waals surface area contributed by atoms with Gasteiger partial charge in [-0.1, -0.05) is 18.2 Å². The van der Waals surface area contributed by atoms with Gasteiger partial charge in [-0.2, -0.15) is 5.10 Å². The number of hydrogen-bond donors (Lipinski definition) is 1. The van der Waals surface area contributed by atoms with Crippen LogP contribution in [0.4, 0.5) is 26.1 Å². The lowest BCUT2D eigenvalue weighted by atomic mass is 10.2. The predicted molar refractivity (Wildman–Crippen MR) is 111 cm³/mol. The van der Waals surface area contributed by atoms with Gasteiger partial charge in [0.2, 0.25) is 0 Å². The number of nitrogens with zero attached hydrogens (tertiary/aromatic N) is 7. The van der Waals surface area contributed by atoms with E-state index < -0.39 is 5.82 Å². The Hall–Kier alpha value is -4.08. The van der Waals surface area contributed by atoms with Gasteiger partial charge in [-0.3, -0.25) is 4.99 Å². The van der Waals surface area contributed by atoms with Crippen molar-refractivity contribution in [2.45, 2.75) is 13.5 Å². The van der Waals surface area contributed by atoms with Gasteiger partial charge in [-0.15, -0.1) is 0 Å². The fourth-order valence-electron chi connectivity index (χ4n) is 3.03. The largest absolute Gasteiger partial charge is 0.382 e. The molecule has 0 spiro atoms. The molecule has 0 radical (unpaired) electrons. The number of pyridine rings is 1. The first-order valence-corrected chi connectivity index (χ1v) is 8.90. The van der Waals surface area contributed by atoms with Crippen LogP contribution in [0.3, 0.4) is 0 Å². The molecule has 0 aliphatic heterocycles. The summed E-state index contributed by atoms with van der Waals surface area (Å²) < 4.78 is 29.6. The molecule has 0 amide bonds. The van der Waals surface area contributed by atoms with Gasteiger partial charge in [-0.05, 0) is 25.8 Å². The normalized spacial score (nSPS) is 11.4. The highest BCUT2D eigenvalue weighted by Crippen LogP contribution is 2.34. The quantitative estimate of drug-likeness (QED) is 0.507. The zero-order chi connectivity index (χ0) is 21.3. The number of aliphatic imine (C=N–C) groups is 2. The molecule has 0 unspecified atom stereocenters. The highest BCUT2D eigenvalue weighted by molar-refractivity contribution is 5.90. The Morgan fingerprint density at radius 3 is 2.77 bits per heavy atom. The summed E-state index contributed by atoms with van der Waals surface area (Å²) in [5.74, 6) is -0.567. The van der Waals surface area contributed by atoms with Crippen molar-refractivity contribution in [2.75, 3.05) is 5.73 Å². The topological polar surface area (TPSA) is 107 Å². The number of halogens is 2. The third kappa shape index (κ3) is 3.39. The Bertz CT molecular complexity index is 1300.